The molecule has 0 bridgehead atoms. The zero-order valence-corrected chi connectivity index (χ0v) is 11.6. The van der Waals surface area contributed by atoms with Crippen molar-refractivity contribution in [2.75, 3.05) is 39.8 Å². The van der Waals surface area contributed by atoms with Crippen LogP contribution < -0.4 is 5.32 Å². The van der Waals surface area contributed by atoms with Crippen molar-refractivity contribution in [3.63, 3.8) is 0 Å². The number of alkyl halides is 1. The van der Waals surface area contributed by atoms with Gasteiger partial charge in [-0.15, -0.1) is 11.6 Å². The van der Waals surface area contributed by atoms with Crippen molar-refractivity contribution < 1.29 is 4.74 Å². The SMILES string of the molecule is CN1CCOC(CNCC2CCC(Cl)CC2)C1. The molecule has 1 atom stereocenters. The van der Waals surface area contributed by atoms with Gasteiger partial charge in [0.15, 0.2) is 0 Å². The molecule has 1 saturated carbocycles. The Morgan fingerprint density at radius 3 is 2.71 bits per heavy atom. The summed E-state index contributed by atoms with van der Waals surface area (Å²) in [6, 6.07) is 0. The number of hydrogen-bond donors (Lipinski definition) is 1. The second kappa shape index (κ2) is 6.93. The van der Waals surface area contributed by atoms with Crippen molar-refractivity contribution in [1.82, 2.24) is 10.2 Å². The largest absolute Gasteiger partial charge is 0.374 e. The highest BCUT2D eigenvalue weighted by Crippen LogP contribution is 2.26. The Morgan fingerprint density at radius 1 is 1.24 bits per heavy atom. The summed E-state index contributed by atoms with van der Waals surface area (Å²) in [5.74, 6) is 0.825. The molecule has 1 aliphatic heterocycles. The number of ether oxygens (including phenoxy) is 1. The molecule has 0 amide bonds. The van der Waals surface area contributed by atoms with E-state index in [1.54, 1.807) is 0 Å². The van der Waals surface area contributed by atoms with Crippen LogP contribution in [0.25, 0.3) is 0 Å². The number of nitrogens with one attached hydrogen (secondary N) is 1. The van der Waals surface area contributed by atoms with Gasteiger partial charge in [0, 0.05) is 25.0 Å². The van der Waals surface area contributed by atoms with E-state index in [1.807, 2.05) is 0 Å². The lowest BCUT2D eigenvalue weighted by molar-refractivity contribution is -0.0185. The summed E-state index contributed by atoms with van der Waals surface area (Å²) < 4.78 is 5.73. The van der Waals surface area contributed by atoms with E-state index in [0.29, 0.717) is 11.5 Å². The smallest absolute Gasteiger partial charge is 0.0826 e. The first-order chi connectivity index (χ1) is 8.24. The van der Waals surface area contributed by atoms with Crippen molar-refractivity contribution in [3.8, 4) is 0 Å². The van der Waals surface area contributed by atoms with E-state index in [2.05, 4.69) is 17.3 Å². The Hall–Kier alpha value is 0.170. The van der Waals surface area contributed by atoms with Gasteiger partial charge in [-0.25, -0.2) is 0 Å². The lowest BCUT2D eigenvalue weighted by atomic mass is 9.89. The number of nitrogens with zero attached hydrogens (tertiary/aromatic N) is 1. The van der Waals surface area contributed by atoms with Gasteiger partial charge in [0.05, 0.1) is 12.7 Å². The van der Waals surface area contributed by atoms with Crippen molar-refractivity contribution in [3.05, 3.63) is 0 Å². The van der Waals surface area contributed by atoms with Gasteiger partial charge in [-0.2, -0.15) is 0 Å². The molecule has 0 aromatic carbocycles. The number of hydrogen-bond acceptors (Lipinski definition) is 3. The number of likely N-dealkylation sites (N-methyl/N-ethyl adjacent to an activating group) is 1. The summed E-state index contributed by atoms with van der Waals surface area (Å²) in [7, 11) is 2.16. The Balaban J connectivity index is 1.56. The van der Waals surface area contributed by atoms with Gasteiger partial charge in [0.2, 0.25) is 0 Å². The van der Waals surface area contributed by atoms with E-state index in [4.69, 9.17) is 16.3 Å². The third-order valence-electron chi connectivity index (χ3n) is 3.92. The monoisotopic (exact) mass is 260 g/mol. The highest BCUT2D eigenvalue weighted by Gasteiger charge is 2.20. The predicted octanol–water partition coefficient (Wildman–Crippen LogP) is 1.70. The summed E-state index contributed by atoms with van der Waals surface area (Å²) >= 11 is 6.11. The van der Waals surface area contributed by atoms with Gasteiger partial charge >= 0.3 is 0 Å². The van der Waals surface area contributed by atoms with E-state index >= 15 is 0 Å². The normalized spacial score (nSPS) is 36.0. The molecule has 0 radical (unpaired) electrons. The lowest BCUT2D eigenvalue weighted by Crippen LogP contribution is -2.45. The predicted molar refractivity (Wildman–Crippen MR) is 71.7 cm³/mol. The maximum absolute atomic E-state index is 6.11. The van der Waals surface area contributed by atoms with Crippen molar-refractivity contribution in [2.24, 2.45) is 5.92 Å². The molecule has 0 aromatic rings. The topological polar surface area (TPSA) is 24.5 Å². The number of halogens is 1. The van der Waals surface area contributed by atoms with Crippen LogP contribution in [0.1, 0.15) is 25.7 Å². The van der Waals surface area contributed by atoms with Crippen LogP contribution in [0, 0.1) is 5.92 Å². The molecule has 0 aromatic heterocycles. The molecule has 1 heterocycles. The quantitative estimate of drug-likeness (QED) is 0.779. The minimum Gasteiger partial charge on any atom is -0.374 e. The Labute approximate surface area is 110 Å². The first kappa shape index (κ1) is 13.6. The fourth-order valence-electron chi connectivity index (χ4n) is 2.76. The third kappa shape index (κ3) is 4.74. The van der Waals surface area contributed by atoms with E-state index in [9.17, 15) is 0 Å². The van der Waals surface area contributed by atoms with E-state index in [-0.39, 0.29) is 0 Å². The molecule has 1 N–H and O–H groups in total. The van der Waals surface area contributed by atoms with Crippen LogP contribution in [0.3, 0.4) is 0 Å². The summed E-state index contributed by atoms with van der Waals surface area (Å²) in [6.45, 7) is 5.12. The molecule has 2 rings (SSSR count). The summed E-state index contributed by atoms with van der Waals surface area (Å²) in [5, 5.41) is 4.00. The number of rotatable bonds is 4. The van der Waals surface area contributed by atoms with Crippen LogP contribution >= 0.6 is 11.6 Å². The summed E-state index contributed by atoms with van der Waals surface area (Å²) in [4.78, 5) is 2.34. The van der Waals surface area contributed by atoms with Crippen LogP contribution in [-0.4, -0.2) is 56.2 Å². The molecule has 3 nitrogen and oxygen atoms in total. The van der Waals surface area contributed by atoms with Gasteiger partial charge in [-0.1, -0.05) is 0 Å². The van der Waals surface area contributed by atoms with Gasteiger partial charge < -0.3 is 15.0 Å². The molecule has 17 heavy (non-hydrogen) atoms. The fraction of sp³-hybridized carbons (Fsp3) is 1.00. The molecule has 1 saturated heterocycles. The molecule has 0 spiro atoms. The molecule has 100 valence electrons. The Morgan fingerprint density at radius 2 is 2.00 bits per heavy atom. The molecule has 2 fully saturated rings. The zero-order valence-electron chi connectivity index (χ0n) is 10.8. The summed E-state index contributed by atoms with van der Waals surface area (Å²) in [5.41, 5.74) is 0. The zero-order chi connectivity index (χ0) is 12.1. The summed E-state index contributed by atoms with van der Waals surface area (Å²) in [6.07, 6.45) is 5.32. The minimum atomic E-state index is 0.373. The molecular weight excluding hydrogens is 236 g/mol. The fourth-order valence-corrected chi connectivity index (χ4v) is 3.02. The maximum atomic E-state index is 6.11. The minimum absolute atomic E-state index is 0.373. The standard InChI is InChI=1S/C13H25ClN2O/c1-16-6-7-17-13(10-16)9-15-8-11-2-4-12(14)5-3-11/h11-13,15H,2-10H2,1H3. The van der Waals surface area contributed by atoms with Crippen LogP contribution in [-0.2, 0) is 4.74 Å². The number of morpholine rings is 1. The van der Waals surface area contributed by atoms with Gasteiger partial charge in [-0.3, -0.25) is 0 Å². The Kier molecular flexibility index (Phi) is 5.54. The first-order valence-electron chi connectivity index (χ1n) is 6.89. The van der Waals surface area contributed by atoms with Crippen LogP contribution in [0.2, 0.25) is 0 Å². The van der Waals surface area contributed by atoms with Gasteiger partial charge in [-0.05, 0) is 45.2 Å². The van der Waals surface area contributed by atoms with Crippen molar-refractivity contribution in [1.29, 1.82) is 0 Å². The average Bonchev–Trinajstić information content (AvgIpc) is 2.32. The average molecular weight is 261 g/mol. The maximum Gasteiger partial charge on any atom is 0.0826 e. The van der Waals surface area contributed by atoms with E-state index < -0.39 is 0 Å². The highest BCUT2D eigenvalue weighted by molar-refractivity contribution is 6.20. The highest BCUT2D eigenvalue weighted by atomic mass is 35.5. The first-order valence-corrected chi connectivity index (χ1v) is 7.32. The second-order valence-corrected chi connectivity index (χ2v) is 6.15. The molecule has 1 aliphatic carbocycles. The molecule has 1 unspecified atom stereocenters. The third-order valence-corrected chi connectivity index (χ3v) is 4.36. The van der Waals surface area contributed by atoms with E-state index in [1.165, 1.54) is 25.7 Å². The van der Waals surface area contributed by atoms with Crippen LogP contribution in [0.5, 0.6) is 0 Å². The molecular formula is C13H25ClN2O. The van der Waals surface area contributed by atoms with Crippen molar-refractivity contribution in [2.45, 2.75) is 37.2 Å². The lowest BCUT2D eigenvalue weighted by Gasteiger charge is -2.31. The molecule has 2 aliphatic rings. The van der Waals surface area contributed by atoms with Gasteiger partial charge in [0.25, 0.3) is 0 Å². The molecule has 4 heteroatoms. The van der Waals surface area contributed by atoms with E-state index in [0.717, 1.165) is 38.7 Å². The van der Waals surface area contributed by atoms with Crippen LogP contribution in [0.4, 0.5) is 0 Å². The second-order valence-electron chi connectivity index (χ2n) is 5.53. The van der Waals surface area contributed by atoms with Crippen molar-refractivity contribution >= 4 is 11.6 Å². The Bertz CT molecular complexity index is 219. The van der Waals surface area contributed by atoms with Crippen LogP contribution in [0.15, 0.2) is 0 Å². The van der Waals surface area contributed by atoms with Gasteiger partial charge in [0.1, 0.15) is 0 Å².